The van der Waals surface area contributed by atoms with Gasteiger partial charge in [-0.1, -0.05) is 0 Å². The average Bonchev–Trinajstić information content (AvgIpc) is 3.51. The molecule has 0 aromatic carbocycles. The van der Waals surface area contributed by atoms with Crippen LogP contribution in [0.3, 0.4) is 0 Å². The van der Waals surface area contributed by atoms with Crippen LogP contribution in [0, 0.1) is 17.8 Å². The number of thiophene rings is 1. The highest BCUT2D eigenvalue weighted by molar-refractivity contribution is 7.08. The molecule has 1 aliphatic heterocycles. The molecule has 1 aromatic heterocycles. The minimum Gasteiger partial charge on any atom is -0.353 e. The molecular weight excluding hydrogens is 308 g/mol. The summed E-state index contributed by atoms with van der Waals surface area (Å²) in [6.07, 6.45) is 6.74. The van der Waals surface area contributed by atoms with E-state index in [1.54, 1.807) is 11.3 Å². The first-order valence-electron chi connectivity index (χ1n) is 8.84. The number of hydrogen-bond donors (Lipinski definition) is 1. The molecule has 0 unspecified atom stereocenters. The molecule has 5 heteroatoms. The van der Waals surface area contributed by atoms with Crippen molar-refractivity contribution in [3.05, 3.63) is 22.4 Å². The molecule has 1 saturated heterocycles. The lowest BCUT2D eigenvalue weighted by molar-refractivity contribution is -0.127. The zero-order valence-corrected chi connectivity index (χ0v) is 14.2. The molecule has 2 heterocycles. The van der Waals surface area contributed by atoms with Crippen LogP contribution < -0.4 is 5.32 Å². The fourth-order valence-corrected chi connectivity index (χ4v) is 4.36. The number of carbonyl (C=O) groups is 2. The number of likely N-dealkylation sites (tertiary alicyclic amines) is 1. The first-order valence-corrected chi connectivity index (χ1v) is 9.78. The Hall–Kier alpha value is -1.36. The minimum absolute atomic E-state index is 0.0847. The predicted octanol–water partition coefficient (Wildman–Crippen LogP) is 2.91. The molecule has 0 bridgehead atoms. The van der Waals surface area contributed by atoms with Gasteiger partial charge >= 0.3 is 0 Å². The second kappa shape index (κ2) is 6.27. The molecule has 4 rings (SSSR count). The topological polar surface area (TPSA) is 49.4 Å². The van der Waals surface area contributed by atoms with Gasteiger partial charge in [0.25, 0.3) is 5.91 Å². The molecule has 23 heavy (non-hydrogen) atoms. The van der Waals surface area contributed by atoms with Gasteiger partial charge in [-0.05, 0) is 61.8 Å². The van der Waals surface area contributed by atoms with Crippen LogP contribution in [0.1, 0.15) is 48.9 Å². The second-order valence-electron chi connectivity index (χ2n) is 7.29. The normalized spacial score (nSPS) is 22.4. The standard InChI is InChI=1S/C18H24N2O2S/c21-17(19-16(12-1-2-12)13-3-4-13)14-5-8-20(9-6-14)18(22)15-7-10-23-11-15/h7,10-14,16H,1-6,8-9H2,(H,19,21). The van der Waals surface area contributed by atoms with Gasteiger partial charge in [-0.15, -0.1) is 0 Å². The van der Waals surface area contributed by atoms with E-state index in [1.165, 1.54) is 25.7 Å². The quantitative estimate of drug-likeness (QED) is 0.901. The van der Waals surface area contributed by atoms with Gasteiger partial charge < -0.3 is 10.2 Å². The summed E-state index contributed by atoms with van der Waals surface area (Å²) in [5.74, 6) is 1.91. The van der Waals surface area contributed by atoms with Gasteiger partial charge in [0.1, 0.15) is 0 Å². The number of amides is 2. The maximum absolute atomic E-state index is 12.6. The molecule has 1 aromatic rings. The predicted molar refractivity (Wildman–Crippen MR) is 90.3 cm³/mol. The molecule has 1 N–H and O–H groups in total. The molecule has 3 fully saturated rings. The summed E-state index contributed by atoms with van der Waals surface area (Å²) in [7, 11) is 0. The lowest BCUT2D eigenvalue weighted by Crippen LogP contribution is -2.46. The average molecular weight is 332 g/mol. The summed E-state index contributed by atoms with van der Waals surface area (Å²) in [5, 5.41) is 7.18. The van der Waals surface area contributed by atoms with Crippen molar-refractivity contribution in [1.82, 2.24) is 10.2 Å². The van der Waals surface area contributed by atoms with Gasteiger partial charge in [0.15, 0.2) is 0 Å². The summed E-state index contributed by atoms with van der Waals surface area (Å²) < 4.78 is 0. The van der Waals surface area contributed by atoms with Gasteiger partial charge in [-0.3, -0.25) is 9.59 Å². The SMILES string of the molecule is O=C(NC(C1CC1)C1CC1)C1CCN(C(=O)c2ccsc2)CC1. The maximum Gasteiger partial charge on any atom is 0.254 e. The Morgan fingerprint density at radius 2 is 1.74 bits per heavy atom. The van der Waals surface area contributed by atoms with Gasteiger partial charge in [0.05, 0.1) is 5.56 Å². The molecule has 2 aliphatic carbocycles. The number of nitrogens with one attached hydrogen (secondary N) is 1. The third-order valence-corrected chi connectivity index (χ3v) is 6.17. The fraction of sp³-hybridized carbons (Fsp3) is 0.667. The van der Waals surface area contributed by atoms with Crippen molar-refractivity contribution in [2.24, 2.45) is 17.8 Å². The summed E-state index contributed by atoms with van der Waals surface area (Å²) in [6.45, 7) is 1.40. The first kappa shape index (κ1) is 15.2. The first-order chi connectivity index (χ1) is 11.2. The van der Waals surface area contributed by atoms with E-state index in [4.69, 9.17) is 0 Å². The van der Waals surface area contributed by atoms with Crippen molar-refractivity contribution in [1.29, 1.82) is 0 Å². The van der Waals surface area contributed by atoms with E-state index < -0.39 is 0 Å². The Morgan fingerprint density at radius 3 is 2.26 bits per heavy atom. The summed E-state index contributed by atoms with van der Waals surface area (Å²) >= 11 is 1.55. The Kier molecular flexibility index (Phi) is 4.14. The van der Waals surface area contributed by atoms with Gasteiger partial charge in [-0.25, -0.2) is 0 Å². The lowest BCUT2D eigenvalue weighted by atomic mass is 9.94. The smallest absolute Gasteiger partial charge is 0.254 e. The molecule has 4 nitrogen and oxygen atoms in total. The van der Waals surface area contributed by atoms with Gasteiger partial charge in [-0.2, -0.15) is 11.3 Å². The van der Waals surface area contributed by atoms with E-state index in [0.29, 0.717) is 19.1 Å². The number of piperidine rings is 1. The number of rotatable bonds is 5. The van der Waals surface area contributed by atoms with Crippen LogP contribution in [0.4, 0.5) is 0 Å². The lowest BCUT2D eigenvalue weighted by Gasteiger charge is -2.32. The maximum atomic E-state index is 12.6. The molecule has 0 radical (unpaired) electrons. The van der Waals surface area contributed by atoms with E-state index >= 15 is 0 Å². The largest absolute Gasteiger partial charge is 0.353 e. The van der Waals surface area contributed by atoms with Crippen LogP contribution in [-0.2, 0) is 4.79 Å². The highest BCUT2D eigenvalue weighted by atomic mass is 32.1. The van der Waals surface area contributed by atoms with E-state index in [-0.39, 0.29) is 17.7 Å². The molecular formula is C18H24N2O2S. The van der Waals surface area contributed by atoms with Crippen LogP contribution in [0.2, 0.25) is 0 Å². The van der Waals surface area contributed by atoms with Crippen molar-refractivity contribution in [2.45, 2.75) is 44.6 Å². The highest BCUT2D eigenvalue weighted by Crippen LogP contribution is 2.44. The summed E-state index contributed by atoms with van der Waals surface area (Å²) in [6, 6.07) is 2.31. The number of hydrogen-bond acceptors (Lipinski definition) is 3. The van der Waals surface area contributed by atoms with Crippen LogP contribution in [-0.4, -0.2) is 35.8 Å². The monoisotopic (exact) mass is 332 g/mol. The summed E-state index contributed by atoms with van der Waals surface area (Å²) in [4.78, 5) is 26.8. The van der Waals surface area contributed by atoms with Crippen molar-refractivity contribution in [2.75, 3.05) is 13.1 Å². The molecule has 124 valence electrons. The van der Waals surface area contributed by atoms with Crippen LogP contribution >= 0.6 is 11.3 Å². The Morgan fingerprint density at radius 1 is 1.09 bits per heavy atom. The molecule has 3 aliphatic rings. The second-order valence-corrected chi connectivity index (χ2v) is 8.07. The van der Waals surface area contributed by atoms with E-state index in [0.717, 1.165) is 30.2 Å². The van der Waals surface area contributed by atoms with Crippen LogP contribution in [0.15, 0.2) is 16.8 Å². The number of nitrogens with zero attached hydrogens (tertiary/aromatic N) is 1. The molecule has 2 amide bonds. The third kappa shape index (κ3) is 3.44. The molecule has 0 spiro atoms. The fourth-order valence-electron chi connectivity index (χ4n) is 3.73. The van der Waals surface area contributed by atoms with E-state index in [9.17, 15) is 9.59 Å². The van der Waals surface area contributed by atoms with E-state index in [1.807, 2.05) is 21.7 Å². The zero-order valence-electron chi connectivity index (χ0n) is 13.4. The van der Waals surface area contributed by atoms with Gasteiger partial charge in [0, 0.05) is 30.4 Å². The third-order valence-electron chi connectivity index (χ3n) is 5.49. The Balaban J connectivity index is 1.29. The molecule has 0 atom stereocenters. The number of carbonyl (C=O) groups excluding carboxylic acids is 2. The highest BCUT2D eigenvalue weighted by Gasteiger charge is 2.43. The van der Waals surface area contributed by atoms with Crippen LogP contribution in [0.5, 0.6) is 0 Å². The Labute approximate surface area is 141 Å². The molecule has 2 saturated carbocycles. The minimum atomic E-state index is 0.0847. The van der Waals surface area contributed by atoms with Crippen molar-refractivity contribution >= 4 is 23.2 Å². The zero-order chi connectivity index (χ0) is 15.8. The van der Waals surface area contributed by atoms with Crippen molar-refractivity contribution < 1.29 is 9.59 Å². The van der Waals surface area contributed by atoms with Crippen molar-refractivity contribution in [3.63, 3.8) is 0 Å². The van der Waals surface area contributed by atoms with Crippen molar-refractivity contribution in [3.8, 4) is 0 Å². The Bertz CT molecular complexity index is 558. The summed E-state index contributed by atoms with van der Waals surface area (Å²) in [5.41, 5.74) is 0.778. The van der Waals surface area contributed by atoms with Gasteiger partial charge in [0.2, 0.25) is 5.91 Å². The van der Waals surface area contributed by atoms with E-state index in [2.05, 4.69) is 5.32 Å². The van der Waals surface area contributed by atoms with Crippen LogP contribution in [0.25, 0.3) is 0 Å².